The number of fused-ring (bicyclic) bond motifs is 1. The van der Waals surface area contributed by atoms with Gasteiger partial charge in [0.25, 0.3) is 0 Å². The van der Waals surface area contributed by atoms with E-state index >= 15 is 0 Å². The molecule has 148 valence electrons. The lowest BCUT2D eigenvalue weighted by Gasteiger charge is -2.22. The lowest BCUT2D eigenvalue weighted by molar-refractivity contribution is 0.787. The van der Waals surface area contributed by atoms with Crippen LogP contribution < -0.4 is 10.2 Å². The smallest absolute Gasteiger partial charge is 0.227 e. The summed E-state index contributed by atoms with van der Waals surface area (Å²) >= 11 is 0. The van der Waals surface area contributed by atoms with E-state index in [4.69, 9.17) is 4.98 Å². The molecule has 0 aliphatic carbocycles. The highest BCUT2D eigenvalue weighted by atomic mass is 15.3. The Labute approximate surface area is 171 Å². The van der Waals surface area contributed by atoms with Gasteiger partial charge in [-0.15, -0.1) is 0 Å². The highest BCUT2D eigenvalue weighted by molar-refractivity contribution is 5.83. The normalized spacial score (nSPS) is 11.0. The van der Waals surface area contributed by atoms with Gasteiger partial charge in [0, 0.05) is 48.5 Å². The van der Waals surface area contributed by atoms with Crippen LogP contribution in [0, 0.1) is 6.92 Å². The van der Waals surface area contributed by atoms with Crippen LogP contribution in [0.2, 0.25) is 0 Å². The number of anilines is 2. The number of aromatic amines is 1. The topological polar surface area (TPSA) is 56.8 Å². The standard InChI is InChI=1S/C24H27N5/c1-3-29(17-19-9-5-4-6-10-19)24-27-18(2)15-23(28-24)25-14-13-20-16-26-22-12-8-7-11-21(20)22/h4-12,15-16,26H,3,13-14,17H2,1-2H3,(H,25,27,28). The number of para-hydroxylation sites is 1. The van der Waals surface area contributed by atoms with Crippen molar-refractivity contribution in [3.63, 3.8) is 0 Å². The third-order valence-electron chi connectivity index (χ3n) is 5.10. The molecule has 0 bridgehead atoms. The first-order valence-electron chi connectivity index (χ1n) is 10.2. The third kappa shape index (κ3) is 4.57. The first-order valence-corrected chi connectivity index (χ1v) is 10.2. The molecule has 2 heterocycles. The Hall–Kier alpha value is -3.34. The summed E-state index contributed by atoms with van der Waals surface area (Å²) in [6, 6.07) is 20.9. The summed E-state index contributed by atoms with van der Waals surface area (Å²) in [5, 5.41) is 4.77. The van der Waals surface area contributed by atoms with Crippen molar-refractivity contribution in [2.24, 2.45) is 0 Å². The van der Waals surface area contributed by atoms with E-state index in [-0.39, 0.29) is 0 Å². The fraction of sp³-hybridized carbons (Fsp3) is 0.250. The number of benzene rings is 2. The van der Waals surface area contributed by atoms with E-state index in [0.29, 0.717) is 0 Å². The average Bonchev–Trinajstić information content (AvgIpc) is 3.15. The van der Waals surface area contributed by atoms with Gasteiger partial charge in [-0.25, -0.2) is 4.98 Å². The molecule has 0 spiro atoms. The number of H-pyrrole nitrogens is 1. The van der Waals surface area contributed by atoms with Gasteiger partial charge < -0.3 is 15.2 Å². The molecule has 2 N–H and O–H groups in total. The molecule has 0 saturated carbocycles. The minimum absolute atomic E-state index is 0.769. The number of nitrogens with zero attached hydrogens (tertiary/aromatic N) is 3. The van der Waals surface area contributed by atoms with E-state index in [1.165, 1.54) is 22.0 Å². The summed E-state index contributed by atoms with van der Waals surface area (Å²) in [5.74, 6) is 1.64. The number of nitrogens with one attached hydrogen (secondary N) is 2. The number of hydrogen-bond acceptors (Lipinski definition) is 4. The molecule has 0 amide bonds. The van der Waals surface area contributed by atoms with Crippen LogP contribution in [0.15, 0.2) is 66.9 Å². The number of aryl methyl sites for hydroxylation is 1. The molecular formula is C24H27N5. The number of rotatable bonds is 8. The predicted octanol–water partition coefficient (Wildman–Crippen LogP) is 4.95. The molecule has 0 atom stereocenters. The molecule has 0 unspecified atom stereocenters. The molecule has 5 heteroatoms. The van der Waals surface area contributed by atoms with Crippen LogP contribution in [0.25, 0.3) is 10.9 Å². The Bertz CT molecular complexity index is 1070. The van der Waals surface area contributed by atoms with Crippen LogP contribution >= 0.6 is 0 Å². The molecule has 0 saturated heterocycles. The average molecular weight is 386 g/mol. The zero-order valence-electron chi connectivity index (χ0n) is 17.0. The minimum Gasteiger partial charge on any atom is -0.370 e. The molecule has 4 rings (SSSR count). The summed E-state index contributed by atoms with van der Waals surface area (Å²) in [6.07, 6.45) is 3.03. The Kier molecular flexibility index (Phi) is 5.75. The van der Waals surface area contributed by atoms with E-state index in [9.17, 15) is 0 Å². The van der Waals surface area contributed by atoms with Crippen molar-refractivity contribution in [1.82, 2.24) is 15.0 Å². The van der Waals surface area contributed by atoms with E-state index in [2.05, 4.69) is 81.8 Å². The third-order valence-corrected chi connectivity index (χ3v) is 5.10. The highest BCUT2D eigenvalue weighted by Crippen LogP contribution is 2.19. The maximum atomic E-state index is 4.78. The molecule has 29 heavy (non-hydrogen) atoms. The molecule has 0 fully saturated rings. The fourth-order valence-corrected chi connectivity index (χ4v) is 3.58. The number of aromatic nitrogens is 3. The van der Waals surface area contributed by atoms with Crippen LogP contribution in [-0.4, -0.2) is 28.0 Å². The second-order valence-electron chi connectivity index (χ2n) is 7.23. The Balaban J connectivity index is 1.44. The Morgan fingerprint density at radius 1 is 1.00 bits per heavy atom. The summed E-state index contributed by atoms with van der Waals surface area (Å²) in [6.45, 7) is 6.64. The summed E-state index contributed by atoms with van der Waals surface area (Å²) in [5.41, 5.74) is 4.73. The predicted molar refractivity (Wildman–Crippen MR) is 120 cm³/mol. The van der Waals surface area contributed by atoms with Crippen LogP contribution in [0.5, 0.6) is 0 Å². The first-order chi connectivity index (χ1) is 14.2. The largest absolute Gasteiger partial charge is 0.370 e. The van der Waals surface area contributed by atoms with Crippen molar-refractivity contribution < 1.29 is 0 Å². The molecule has 0 aliphatic heterocycles. The van der Waals surface area contributed by atoms with Crippen molar-refractivity contribution >= 4 is 22.7 Å². The van der Waals surface area contributed by atoms with Gasteiger partial charge in [-0.05, 0) is 37.5 Å². The van der Waals surface area contributed by atoms with Gasteiger partial charge in [-0.3, -0.25) is 0 Å². The zero-order chi connectivity index (χ0) is 20.1. The lowest BCUT2D eigenvalue weighted by atomic mass is 10.1. The lowest BCUT2D eigenvalue weighted by Crippen LogP contribution is -2.25. The van der Waals surface area contributed by atoms with Gasteiger partial charge in [0.05, 0.1) is 0 Å². The fourth-order valence-electron chi connectivity index (χ4n) is 3.58. The van der Waals surface area contributed by atoms with Gasteiger partial charge in [0.1, 0.15) is 5.82 Å². The van der Waals surface area contributed by atoms with Crippen molar-refractivity contribution in [3.8, 4) is 0 Å². The van der Waals surface area contributed by atoms with E-state index < -0.39 is 0 Å². The monoisotopic (exact) mass is 385 g/mol. The summed E-state index contributed by atoms with van der Waals surface area (Å²) in [4.78, 5) is 15.0. The zero-order valence-corrected chi connectivity index (χ0v) is 17.0. The van der Waals surface area contributed by atoms with Gasteiger partial charge in [0.2, 0.25) is 5.95 Å². The van der Waals surface area contributed by atoms with Crippen molar-refractivity contribution in [1.29, 1.82) is 0 Å². The SMILES string of the molecule is CCN(Cc1ccccc1)c1nc(C)cc(NCCc2c[nH]c3ccccc23)n1. The van der Waals surface area contributed by atoms with Crippen molar-refractivity contribution in [2.45, 2.75) is 26.8 Å². The second-order valence-corrected chi connectivity index (χ2v) is 7.23. The molecule has 2 aromatic carbocycles. The van der Waals surface area contributed by atoms with Crippen LogP contribution in [0.1, 0.15) is 23.7 Å². The van der Waals surface area contributed by atoms with E-state index in [0.717, 1.165) is 43.5 Å². The molecule has 0 radical (unpaired) electrons. The van der Waals surface area contributed by atoms with Crippen LogP contribution in [0.4, 0.5) is 11.8 Å². The molecule has 4 aromatic rings. The van der Waals surface area contributed by atoms with Crippen molar-refractivity contribution in [3.05, 3.63) is 83.7 Å². The number of hydrogen-bond donors (Lipinski definition) is 2. The van der Waals surface area contributed by atoms with Crippen LogP contribution in [-0.2, 0) is 13.0 Å². The highest BCUT2D eigenvalue weighted by Gasteiger charge is 2.11. The first kappa shape index (κ1) is 19.0. The molecule has 0 aliphatic rings. The minimum atomic E-state index is 0.769. The maximum Gasteiger partial charge on any atom is 0.227 e. The Morgan fingerprint density at radius 3 is 2.62 bits per heavy atom. The second kappa shape index (κ2) is 8.78. The van der Waals surface area contributed by atoms with E-state index in [1.54, 1.807) is 0 Å². The van der Waals surface area contributed by atoms with Crippen LogP contribution in [0.3, 0.4) is 0 Å². The van der Waals surface area contributed by atoms with Gasteiger partial charge in [0.15, 0.2) is 0 Å². The van der Waals surface area contributed by atoms with Crippen molar-refractivity contribution in [2.75, 3.05) is 23.3 Å². The molecule has 5 nitrogen and oxygen atoms in total. The Morgan fingerprint density at radius 2 is 1.79 bits per heavy atom. The molecular weight excluding hydrogens is 358 g/mol. The maximum absolute atomic E-state index is 4.78. The summed E-state index contributed by atoms with van der Waals surface area (Å²) < 4.78 is 0. The molecule has 2 aromatic heterocycles. The van der Waals surface area contributed by atoms with Gasteiger partial charge in [-0.2, -0.15) is 4.98 Å². The summed E-state index contributed by atoms with van der Waals surface area (Å²) in [7, 11) is 0. The van der Waals surface area contributed by atoms with Gasteiger partial charge in [-0.1, -0.05) is 48.5 Å². The quantitative estimate of drug-likeness (QED) is 0.451. The van der Waals surface area contributed by atoms with Gasteiger partial charge >= 0.3 is 0 Å². The van der Waals surface area contributed by atoms with E-state index in [1.807, 2.05) is 19.1 Å².